The Hall–Kier alpha value is -2.30. The molecule has 0 spiro atoms. The summed E-state index contributed by atoms with van der Waals surface area (Å²) in [6, 6.07) is 10.7. The predicted octanol–water partition coefficient (Wildman–Crippen LogP) is 0.206. The van der Waals surface area contributed by atoms with E-state index in [1.807, 2.05) is 30.3 Å². The smallest absolute Gasteiger partial charge is 0.273 e. The molecule has 0 saturated heterocycles. The summed E-state index contributed by atoms with van der Waals surface area (Å²) < 4.78 is 0.812. The van der Waals surface area contributed by atoms with Gasteiger partial charge in [0.15, 0.2) is 0 Å². The standard InChI is InChI=1S/C10H10N4O/c11-10-13-8(6-9(15)14(10)12)7-4-2-1-3-5-7/h1-6H,12H2,(H2,11,13). The lowest BCUT2D eigenvalue weighted by Gasteiger charge is -2.04. The fourth-order valence-electron chi connectivity index (χ4n) is 1.27. The van der Waals surface area contributed by atoms with Crippen LogP contribution in [0.3, 0.4) is 0 Å². The second-order valence-corrected chi connectivity index (χ2v) is 3.07. The van der Waals surface area contributed by atoms with Crippen molar-refractivity contribution in [3.63, 3.8) is 0 Å². The van der Waals surface area contributed by atoms with E-state index < -0.39 is 0 Å². The highest BCUT2D eigenvalue weighted by atomic mass is 16.1. The quantitative estimate of drug-likeness (QED) is 0.647. The summed E-state index contributed by atoms with van der Waals surface area (Å²) >= 11 is 0. The number of aromatic nitrogens is 2. The molecule has 1 aromatic carbocycles. The Balaban J connectivity index is 2.61. The van der Waals surface area contributed by atoms with Crippen molar-refractivity contribution < 1.29 is 0 Å². The number of benzene rings is 1. The summed E-state index contributed by atoms with van der Waals surface area (Å²) in [7, 11) is 0. The van der Waals surface area contributed by atoms with Crippen molar-refractivity contribution in [2.24, 2.45) is 0 Å². The predicted molar refractivity (Wildman–Crippen MR) is 58.5 cm³/mol. The minimum atomic E-state index is -0.374. The van der Waals surface area contributed by atoms with Crippen molar-refractivity contribution >= 4 is 5.95 Å². The van der Waals surface area contributed by atoms with Gasteiger partial charge in [0.25, 0.3) is 5.56 Å². The van der Waals surface area contributed by atoms with Gasteiger partial charge in [0.1, 0.15) is 0 Å². The first-order chi connectivity index (χ1) is 7.18. The second kappa shape index (κ2) is 3.45. The van der Waals surface area contributed by atoms with E-state index in [9.17, 15) is 4.79 Å². The summed E-state index contributed by atoms with van der Waals surface area (Å²) in [5.74, 6) is 5.35. The molecule has 0 aliphatic carbocycles. The molecule has 0 bridgehead atoms. The monoisotopic (exact) mass is 202 g/mol. The summed E-state index contributed by atoms with van der Waals surface area (Å²) in [6.45, 7) is 0. The zero-order valence-electron chi connectivity index (χ0n) is 7.92. The van der Waals surface area contributed by atoms with E-state index >= 15 is 0 Å². The minimum absolute atomic E-state index is 0.00125. The van der Waals surface area contributed by atoms with Crippen LogP contribution in [0.25, 0.3) is 11.3 Å². The van der Waals surface area contributed by atoms with Crippen molar-refractivity contribution in [1.29, 1.82) is 0 Å². The molecule has 0 atom stereocenters. The third-order valence-electron chi connectivity index (χ3n) is 2.05. The number of anilines is 1. The van der Waals surface area contributed by atoms with Crippen LogP contribution in [0.15, 0.2) is 41.2 Å². The van der Waals surface area contributed by atoms with Gasteiger partial charge in [-0.15, -0.1) is 0 Å². The molecule has 0 amide bonds. The zero-order valence-corrected chi connectivity index (χ0v) is 7.92. The lowest BCUT2D eigenvalue weighted by Crippen LogP contribution is -2.30. The molecule has 2 rings (SSSR count). The number of hydrogen-bond donors (Lipinski definition) is 2. The van der Waals surface area contributed by atoms with Crippen molar-refractivity contribution in [2.75, 3.05) is 11.6 Å². The summed E-state index contributed by atoms with van der Waals surface area (Å²) in [5, 5.41) is 0. The first-order valence-electron chi connectivity index (χ1n) is 4.38. The van der Waals surface area contributed by atoms with Crippen LogP contribution in [0.4, 0.5) is 5.95 Å². The van der Waals surface area contributed by atoms with Crippen LogP contribution >= 0.6 is 0 Å². The summed E-state index contributed by atoms with van der Waals surface area (Å²) in [5.41, 5.74) is 6.47. The molecule has 5 heteroatoms. The van der Waals surface area contributed by atoms with Crippen LogP contribution in [0.1, 0.15) is 0 Å². The fraction of sp³-hybridized carbons (Fsp3) is 0. The van der Waals surface area contributed by atoms with Crippen molar-refractivity contribution in [3.8, 4) is 11.3 Å². The average Bonchev–Trinajstić information content (AvgIpc) is 2.26. The van der Waals surface area contributed by atoms with Crippen LogP contribution in [-0.2, 0) is 0 Å². The van der Waals surface area contributed by atoms with Crippen LogP contribution in [0.2, 0.25) is 0 Å². The SMILES string of the molecule is Nc1nc(-c2ccccc2)cc(=O)n1N. The first-order valence-corrected chi connectivity index (χ1v) is 4.38. The van der Waals surface area contributed by atoms with Gasteiger partial charge in [-0.3, -0.25) is 4.79 Å². The number of nitrogens with zero attached hydrogens (tertiary/aromatic N) is 2. The van der Waals surface area contributed by atoms with Gasteiger partial charge in [0.2, 0.25) is 5.95 Å². The maximum atomic E-state index is 11.4. The van der Waals surface area contributed by atoms with Crippen LogP contribution < -0.4 is 17.1 Å². The number of nitrogen functional groups attached to an aromatic ring is 2. The minimum Gasteiger partial charge on any atom is -0.368 e. The van der Waals surface area contributed by atoms with Crippen LogP contribution in [0, 0.1) is 0 Å². The molecule has 1 heterocycles. The molecule has 0 aliphatic rings. The van der Waals surface area contributed by atoms with Gasteiger partial charge >= 0.3 is 0 Å². The van der Waals surface area contributed by atoms with Crippen molar-refractivity contribution in [3.05, 3.63) is 46.8 Å². The third kappa shape index (κ3) is 1.67. The van der Waals surface area contributed by atoms with Crippen molar-refractivity contribution in [2.45, 2.75) is 0 Å². The normalized spacial score (nSPS) is 10.1. The lowest BCUT2D eigenvalue weighted by atomic mass is 10.1. The molecule has 15 heavy (non-hydrogen) atoms. The average molecular weight is 202 g/mol. The Morgan fingerprint density at radius 2 is 1.87 bits per heavy atom. The maximum Gasteiger partial charge on any atom is 0.273 e. The Bertz CT molecular complexity index is 533. The van der Waals surface area contributed by atoms with E-state index in [1.54, 1.807) is 0 Å². The summed E-state index contributed by atoms with van der Waals surface area (Å²) in [6.07, 6.45) is 0. The molecule has 5 nitrogen and oxygen atoms in total. The molecule has 0 radical (unpaired) electrons. The highest BCUT2D eigenvalue weighted by Gasteiger charge is 2.04. The van der Waals surface area contributed by atoms with Gasteiger partial charge in [-0.25, -0.2) is 4.98 Å². The van der Waals surface area contributed by atoms with Gasteiger partial charge in [0, 0.05) is 11.6 Å². The Kier molecular flexibility index (Phi) is 2.13. The van der Waals surface area contributed by atoms with Gasteiger partial charge in [0.05, 0.1) is 5.69 Å². The van der Waals surface area contributed by atoms with E-state index in [4.69, 9.17) is 11.6 Å². The van der Waals surface area contributed by atoms with Gasteiger partial charge < -0.3 is 11.6 Å². The molecule has 4 N–H and O–H groups in total. The molecule has 1 aromatic heterocycles. The third-order valence-corrected chi connectivity index (χ3v) is 2.05. The van der Waals surface area contributed by atoms with Gasteiger partial charge in [-0.2, -0.15) is 4.68 Å². The summed E-state index contributed by atoms with van der Waals surface area (Å²) in [4.78, 5) is 15.4. The van der Waals surface area contributed by atoms with Gasteiger partial charge in [-0.05, 0) is 0 Å². The highest BCUT2D eigenvalue weighted by Crippen LogP contribution is 2.14. The largest absolute Gasteiger partial charge is 0.368 e. The van der Waals surface area contributed by atoms with Crippen molar-refractivity contribution in [1.82, 2.24) is 9.66 Å². The lowest BCUT2D eigenvalue weighted by molar-refractivity contribution is 0.913. The van der Waals surface area contributed by atoms with E-state index in [-0.39, 0.29) is 11.5 Å². The Morgan fingerprint density at radius 3 is 2.47 bits per heavy atom. The Labute approximate surface area is 85.9 Å². The second-order valence-electron chi connectivity index (χ2n) is 3.07. The van der Waals surface area contributed by atoms with E-state index in [0.29, 0.717) is 5.69 Å². The van der Waals surface area contributed by atoms with E-state index in [1.165, 1.54) is 6.07 Å². The highest BCUT2D eigenvalue weighted by molar-refractivity contribution is 5.59. The fourth-order valence-corrected chi connectivity index (χ4v) is 1.27. The van der Waals surface area contributed by atoms with Crippen LogP contribution in [-0.4, -0.2) is 9.66 Å². The molecular weight excluding hydrogens is 192 g/mol. The topological polar surface area (TPSA) is 86.9 Å². The molecule has 2 aromatic rings. The number of nitrogens with two attached hydrogens (primary N) is 2. The maximum absolute atomic E-state index is 11.4. The molecule has 0 aliphatic heterocycles. The zero-order chi connectivity index (χ0) is 10.8. The van der Waals surface area contributed by atoms with E-state index in [0.717, 1.165) is 10.2 Å². The molecule has 0 unspecified atom stereocenters. The molecular formula is C10H10N4O. The van der Waals surface area contributed by atoms with Crippen LogP contribution in [0.5, 0.6) is 0 Å². The van der Waals surface area contributed by atoms with Gasteiger partial charge in [-0.1, -0.05) is 30.3 Å². The molecule has 0 fully saturated rings. The number of rotatable bonds is 1. The molecule has 0 saturated carbocycles. The first kappa shape index (κ1) is 9.26. The molecule has 76 valence electrons. The number of hydrogen-bond acceptors (Lipinski definition) is 4. The Morgan fingerprint density at radius 1 is 1.20 bits per heavy atom. The van der Waals surface area contributed by atoms with E-state index in [2.05, 4.69) is 4.98 Å².